The number of carbonyl (C=O) groups is 2. The van der Waals surface area contributed by atoms with Crippen LogP contribution in [0.2, 0.25) is 0 Å². The first kappa shape index (κ1) is 20.2. The van der Waals surface area contributed by atoms with Crippen LogP contribution in [0, 0.1) is 0 Å². The predicted octanol–water partition coefficient (Wildman–Crippen LogP) is 2.09. The Balaban J connectivity index is 1.11. The van der Waals surface area contributed by atoms with Crippen molar-refractivity contribution in [2.45, 2.75) is 18.8 Å². The molecule has 32 heavy (non-hydrogen) atoms. The lowest BCUT2D eigenvalue weighted by atomic mass is 10.2. The van der Waals surface area contributed by atoms with E-state index >= 15 is 0 Å². The van der Waals surface area contributed by atoms with E-state index in [-0.39, 0.29) is 18.4 Å². The van der Waals surface area contributed by atoms with Crippen LogP contribution >= 0.6 is 0 Å². The van der Waals surface area contributed by atoms with E-state index in [4.69, 9.17) is 4.52 Å². The molecule has 3 heterocycles. The molecular formula is C23H24N6O3. The number of pyridine rings is 1. The zero-order valence-corrected chi connectivity index (χ0v) is 17.6. The van der Waals surface area contributed by atoms with Crippen LogP contribution in [0.25, 0.3) is 11.4 Å². The van der Waals surface area contributed by atoms with Crippen molar-refractivity contribution in [3.8, 4) is 11.4 Å². The first-order valence-electron chi connectivity index (χ1n) is 10.8. The number of nitrogens with zero attached hydrogens (tertiary/aromatic N) is 5. The Labute approximate surface area is 185 Å². The Kier molecular flexibility index (Phi) is 5.53. The molecule has 9 heteroatoms. The molecule has 1 N–H and O–H groups in total. The number of rotatable bonds is 6. The fourth-order valence-electron chi connectivity index (χ4n) is 3.70. The lowest BCUT2D eigenvalue weighted by Gasteiger charge is -2.35. The highest BCUT2D eigenvalue weighted by molar-refractivity contribution is 5.96. The van der Waals surface area contributed by atoms with E-state index in [1.165, 1.54) is 0 Å². The van der Waals surface area contributed by atoms with Crippen LogP contribution in [0.3, 0.4) is 0 Å². The van der Waals surface area contributed by atoms with Crippen molar-refractivity contribution in [1.29, 1.82) is 0 Å². The van der Waals surface area contributed by atoms with Crippen LogP contribution in [-0.4, -0.2) is 64.6 Å². The second-order valence-electron chi connectivity index (χ2n) is 8.05. The van der Waals surface area contributed by atoms with Crippen LogP contribution in [0.15, 0.2) is 53.2 Å². The van der Waals surface area contributed by atoms with E-state index in [0.717, 1.165) is 24.2 Å². The van der Waals surface area contributed by atoms with E-state index < -0.39 is 0 Å². The smallest absolute Gasteiger partial charge is 0.251 e. The van der Waals surface area contributed by atoms with Gasteiger partial charge in [0.2, 0.25) is 17.6 Å². The average molecular weight is 432 g/mol. The minimum absolute atomic E-state index is 0.00573. The third-order valence-corrected chi connectivity index (χ3v) is 5.77. The van der Waals surface area contributed by atoms with E-state index in [1.807, 2.05) is 18.2 Å². The maximum atomic E-state index is 12.5. The lowest BCUT2D eigenvalue weighted by Crippen LogP contribution is -2.51. The molecule has 2 aliphatic rings. The van der Waals surface area contributed by atoms with E-state index in [0.29, 0.717) is 49.4 Å². The normalized spacial score (nSPS) is 16.1. The minimum atomic E-state index is -0.243. The summed E-state index contributed by atoms with van der Waals surface area (Å²) in [4.78, 5) is 37.5. The summed E-state index contributed by atoms with van der Waals surface area (Å²) >= 11 is 0. The van der Waals surface area contributed by atoms with Crippen LogP contribution < -0.4 is 10.2 Å². The van der Waals surface area contributed by atoms with Gasteiger partial charge in [-0.3, -0.25) is 9.59 Å². The first-order valence-corrected chi connectivity index (χ1v) is 10.8. The van der Waals surface area contributed by atoms with Crippen LogP contribution in [0.4, 0.5) is 5.82 Å². The third kappa shape index (κ3) is 4.46. The molecule has 9 nitrogen and oxygen atoms in total. The fraction of sp³-hybridized carbons (Fsp3) is 0.348. The van der Waals surface area contributed by atoms with Gasteiger partial charge in [0.15, 0.2) is 0 Å². The molecule has 0 spiro atoms. The largest absolute Gasteiger partial charge is 0.353 e. The summed E-state index contributed by atoms with van der Waals surface area (Å²) in [7, 11) is 0. The first-order chi connectivity index (χ1) is 15.7. The molecule has 0 radical (unpaired) electrons. The number of piperazine rings is 1. The molecule has 5 rings (SSSR count). The van der Waals surface area contributed by atoms with Gasteiger partial charge in [0.25, 0.3) is 5.91 Å². The second-order valence-corrected chi connectivity index (χ2v) is 8.05. The SMILES string of the molecule is O=C(NCC(=O)N1CCN(c2ccc(-c3noc(C4CC4)n3)cn2)CC1)c1ccccc1. The summed E-state index contributed by atoms with van der Waals surface area (Å²) in [6, 6.07) is 12.8. The zero-order valence-electron chi connectivity index (χ0n) is 17.6. The number of aromatic nitrogens is 3. The number of hydrogen-bond donors (Lipinski definition) is 1. The number of anilines is 1. The van der Waals surface area contributed by atoms with Gasteiger partial charge in [-0.25, -0.2) is 4.98 Å². The minimum Gasteiger partial charge on any atom is -0.353 e. The molecule has 2 amide bonds. The molecule has 2 fully saturated rings. The summed E-state index contributed by atoms with van der Waals surface area (Å²) in [5.41, 5.74) is 1.37. The molecule has 1 aromatic carbocycles. The number of nitrogens with one attached hydrogen (secondary N) is 1. The molecule has 3 aromatic rings. The Hall–Kier alpha value is -3.75. The van der Waals surface area contributed by atoms with E-state index in [1.54, 1.807) is 35.4 Å². The molecule has 0 bridgehead atoms. The highest BCUT2D eigenvalue weighted by atomic mass is 16.5. The highest BCUT2D eigenvalue weighted by Gasteiger charge is 2.30. The Morgan fingerprint density at radius 3 is 2.50 bits per heavy atom. The predicted molar refractivity (Wildman–Crippen MR) is 117 cm³/mol. The third-order valence-electron chi connectivity index (χ3n) is 5.77. The van der Waals surface area contributed by atoms with Crippen LogP contribution in [0.1, 0.15) is 35.0 Å². The van der Waals surface area contributed by atoms with E-state index in [9.17, 15) is 9.59 Å². The molecule has 2 aromatic heterocycles. The molecule has 1 aliphatic carbocycles. The molecule has 0 atom stereocenters. The van der Waals surface area contributed by atoms with Crippen molar-refractivity contribution in [2.75, 3.05) is 37.6 Å². The van der Waals surface area contributed by atoms with E-state index in [2.05, 4.69) is 25.3 Å². The topological polar surface area (TPSA) is 104 Å². The summed E-state index contributed by atoms with van der Waals surface area (Å²) < 4.78 is 5.32. The Morgan fingerprint density at radius 2 is 1.81 bits per heavy atom. The monoisotopic (exact) mass is 432 g/mol. The molecule has 164 valence electrons. The van der Waals surface area contributed by atoms with Gasteiger partial charge in [-0.1, -0.05) is 23.4 Å². The summed E-state index contributed by atoms with van der Waals surface area (Å²) in [5.74, 6) is 2.23. The zero-order chi connectivity index (χ0) is 21.9. The van der Waals surface area contributed by atoms with Gasteiger partial charge >= 0.3 is 0 Å². The van der Waals surface area contributed by atoms with Crippen molar-refractivity contribution in [3.05, 3.63) is 60.1 Å². The molecular weight excluding hydrogens is 408 g/mol. The van der Waals surface area contributed by atoms with Crippen molar-refractivity contribution in [2.24, 2.45) is 0 Å². The number of hydrogen-bond acceptors (Lipinski definition) is 7. The highest BCUT2D eigenvalue weighted by Crippen LogP contribution is 2.39. The average Bonchev–Trinajstić information content (AvgIpc) is 3.59. The Morgan fingerprint density at radius 1 is 1.03 bits per heavy atom. The van der Waals surface area contributed by atoms with Gasteiger partial charge in [0, 0.05) is 49.4 Å². The van der Waals surface area contributed by atoms with Crippen molar-refractivity contribution >= 4 is 17.6 Å². The summed E-state index contributed by atoms with van der Waals surface area (Å²) in [5, 5.41) is 6.75. The molecule has 1 saturated carbocycles. The molecule has 1 saturated heterocycles. The fourth-order valence-corrected chi connectivity index (χ4v) is 3.70. The number of amides is 2. The molecule has 1 aliphatic heterocycles. The lowest BCUT2D eigenvalue weighted by molar-refractivity contribution is -0.130. The van der Waals surface area contributed by atoms with Crippen molar-refractivity contribution < 1.29 is 14.1 Å². The van der Waals surface area contributed by atoms with Gasteiger partial charge in [-0.2, -0.15) is 4.98 Å². The van der Waals surface area contributed by atoms with Crippen molar-refractivity contribution in [3.63, 3.8) is 0 Å². The maximum absolute atomic E-state index is 12.5. The standard InChI is InChI=1S/C23H24N6O3/c30-20(15-25-22(31)16-4-2-1-3-5-16)29-12-10-28(11-13-29)19-9-8-18(14-24-19)21-26-23(32-27-21)17-6-7-17/h1-5,8-9,14,17H,6-7,10-13,15H2,(H,25,31). The number of benzene rings is 1. The van der Waals surface area contributed by atoms with Crippen molar-refractivity contribution in [1.82, 2.24) is 25.3 Å². The quantitative estimate of drug-likeness (QED) is 0.636. The summed E-state index contributed by atoms with van der Waals surface area (Å²) in [6.07, 6.45) is 3.99. The Bertz CT molecular complexity index is 1090. The van der Waals surface area contributed by atoms with Gasteiger partial charge in [0.1, 0.15) is 5.82 Å². The number of carbonyl (C=O) groups excluding carboxylic acids is 2. The van der Waals surface area contributed by atoms with Gasteiger partial charge in [0.05, 0.1) is 6.54 Å². The maximum Gasteiger partial charge on any atom is 0.251 e. The van der Waals surface area contributed by atoms with Crippen LogP contribution in [0.5, 0.6) is 0 Å². The van der Waals surface area contributed by atoms with Gasteiger partial charge in [-0.05, 0) is 37.1 Å². The molecule has 0 unspecified atom stereocenters. The van der Waals surface area contributed by atoms with Gasteiger partial charge in [-0.15, -0.1) is 0 Å². The van der Waals surface area contributed by atoms with Crippen LogP contribution in [-0.2, 0) is 4.79 Å². The second kappa shape index (κ2) is 8.78. The van der Waals surface area contributed by atoms with Gasteiger partial charge < -0.3 is 19.6 Å². The summed E-state index contributed by atoms with van der Waals surface area (Å²) in [6.45, 7) is 2.52.